The fourth-order valence-electron chi connectivity index (χ4n) is 3.47. The first-order chi connectivity index (χ1) is 10.5. The van der Waals surface area contributed by atoms with Gasteiger partial charge in [-0.2, -0.15) is 0 Å². The van der Waals surface area contributed by atoms with Gasteiger partial charge in [-0.3, -0.25) is 4.79 Å². The standard InChI is InChI=1S/C19H17NOS/c1-19(2)13-9-5-4-8-12(13)17(21)16(19)18-20(3)14-10-6-7-11-15(14)22-18/h4-11H,1-3H3. The quantitative estimate of drug-likeness (QED) is 0.663. The highest BCUT2D eigenvalue weighted by Gasteiger charge is 2.44. The van der Waals surface area contributed by atoms with E-state index in [1.165, 1.54) is 10.6 Å². The Bertz CT molecular complexity index is 835. The summed E-state index contributed by atoms with van der Waals surface area (Å²) < 4.78 is 0. The van der Waals surface area contributed by atoms with Crippen LogP contribution in [-0.2, 0) is 5.41 Å². The van der Waals surface area contributed by atoms with Gasteiger partial charge in [-0.05, 0) is 17.7 Å². The molecule has 0 fully saturated rings. The molecule has 1 heterocycles. The minimum absolute atomic E-state index is 0.169. The zero-order chi connectivity index (χ0) is 15.5. The Morgan fingerprint density at radius 1 is 1.00 bits per heavy atom. The van der Waals surface area contributed by atoms with Crippen LogP contribution in [0.2, 0.25) is 0 Å². The Morgan fingerprint density at radius 2 is 1.68 bits per heavy atom. The second kappa shape index (κ2) is 4.50. The van der Waals surface area contributed by atoms with Crippen LogP contribution in [0, 0.1) is 0 Å². The third-order valence-electron chi connectivity index (χ3n) is 4.65. The fraction of sp³-hybridized carbons (Fsp3) is 0.211. The molecule has 2 nitrogen and oxygen atoms in total. The molecule has 1 aliphatic heterocycles. The summed E-state index contributed by atoms with van der Waals surface area (Å²) in [7, 11) is 2.05. The van der Waals surface area contributed by atoms with Crippen molar-refractivity contribution in [1.29, 1.82) is 0 Å². The maximum absolute atomic E-state index is 13.0. The van der Waals surface area contributed by atoms with Crippen LogP contribution in [0.15, 0.2) is 64.0 Å². The van der Waals surface area contributed by atoms with E-state index < -0.39 is 0 Å². The first-order valence-electron chi connectivity index (χ1n) is 7.41. The molecule has 2 aliphatic rings. The zero-order valence-electron chi connectivity index (χ0n) is 12.9. The molecule has 0 saturated carbocycles. The summed E-state index contributed by atoms with van der Waals surface area (Å²) in [5, 5.41) is 1.06. The summed E-state index contributed by atoms with van der Waals surface area (Å²) in [6, 6.07) is 16.3. The third-order valence-corrected chi connectivity index (χ3v) is 5.89. The van der Waals surface area contributed by atoms with Crippen molar-refractivity contribution >= 4 is 23.2 Å². The number of carbonyl (C=O) groups excluding carboxylic acids is 1. The number of benzene rings is 2. The van der Waals surface area contributed by atoms with Crippen LogP contribution >= 0.6 is 11.8 Å². The van der Waals surface area contributed by atoms with E-state index in [1.807, 2.05) is 37.4 Å². The minimum atomic E-state index is -0.258. The van der Waals surface area contributed by atoms with Gasteiger partial charge in [0.2, 0.25) is 0 Å². The van der Waals surface area contributed by atoms with E-state index in [4.69, 9.17) is 0 Å². The molecule has 0 bridgehead atoms. The second-order valence-electron chi connectivity index (χ2n) is 6.31. The number of nitrogens with zero attached hydrogens (tertiary/aromatic N) is 1. The van der Waals surface area contributed by atoms with E-state index in [-0.39, 0.29) is 11.2 Å². The molecule has 0 saturated heterocycles. The third kappa shape index (κ3) is 1.66. The average molecular weight is 307 g/mol. The van der Waals surface area contributed by atoms with Crippen molar-refractivity contribution in [1.82, 2.24) is 0 Å². The van der Waals surface area contributed by atoms with E-state index in [0.29, 0.717) is 0 Å². The van der Waals surface area contributed by atoms with Crippen LogP contribution in [0.1, 0.15) is 29.8 Å². The number of carbonyl (C=O) groups is 1. The maximum Gasteiger partial charge on any atom is 0.192 e. The predicted octanol–water partition coefficient (Wildman–Crippen LogP) is 4.61. The van der Waals surface area contributed by atoms with Crippen molar-refractivity contribution in [2.45, 2.75) is 24.2 Å². The lowest BCUT2D eigenvalue weighted by Gasteiger charge is -2.25. The molecule has 0 atom stereocenters. The molecule has 2 aromatic rings. The van der Waals surface area contributed by atoms with Crippen molar-refractivity contribution in [3.05, 3.63) is 70.3 Å². The number of fused-ring (bicyclic) bond motifs is 2. The molecule has 0 amide bonds. The van der Waals surface area contributed by atoms with Crippen molar-refractivity contribution in [2.75, 3.05) is 11.9 Å². The highest BCUT2D eigenvalue weighted by Crippen LogP contribution is 2.52. The van der Waals surface area contributed by atoms with Crippen LogP contribution in [0.5, 0.6) is 0 Å². The smallest absolute Gasteiger partial charge is 0.192 e. The zero-order valence-corrected chi connectivity index (χ0v) is 13.7. The molecule has 22 heavy (non-hydrogen) atoms. The molecule has 3 heteroatoms. The van der Waals surface area contributed by atoms with Gasteiger partial charge in [0.15, 0.2) is 5.78 Å². The Labute approximate surface area is 134 Å². The molecular weight excluding hydrogens is 290 g/mol. The topological polar surface area (TPSA) is 20.3 Å². The van der Waals surface area contributed by atoms with Crippen LogP contribution in [-0.4, -0.2) is 12.8 Å². The van der Waals surface area contributed by atoms with Gasteiger partial charge >= 0.3 is 0 Å². The summed E-state index contributed by atoms with van der Waals surface area (Å²) in [5.41, 5.74) is 3.81. The molecular formula is C19H17NOS. The van der Waals surface area contributed by atoms with Gasteiger partial charge in [-0.1, -0.05) is 62.0 Å². The fourth-order valence-corrected chi connectivity index (χ4v) is 4.81. The largest absolute Gasteiger partial charge is 0.338 e. The van der Waals surface area contributed by atoms with E-state index >= 15 is 0 Å². The van der Waals surface area contributed by atoms with Gasteiger partial charge in [0, 0.05) is 28.5 Å². The van der Waals surface area contributed by atoms with E-state index in [9.17, 15) is 4.79 Å². The van der Waals surface area contributed by atoms with Crippen molar-refractivity contribution in [3.63, 3.8) is 0 Å². The number of ketones is 1. The molecule has 0 aromatic heterocycles. The highest BCUT2D eigenvalue weighted by atomic mass is 32.2. The van der Waals surface area contributed by atoms with Gasteiger partial charge in [-0.15, -0.1) is 0 Å². The number of hydrogen-bond acceptors (Lipinski definition) is 3. The first kappa shape index (κ1) is 13.6. The number of hydrogen-bond donors (Lipinski definition) is 0. The molecule has 0 unspecified atom stereocenters. The Hall–Kier alpha value is -2.00. The molecule has 4 rings (SSSR count). The number of rotatable bonds is 0. The van der Waals surface area contributed by atoms with Crippen LogP contribution in [0.3, 0.4) is 0 Å². The summed E-state index contributed by atoms with van der Waals surface area (Å²) >= 11 is 1.70. The van der Waals surface area contributed by atoms with Crippen molar-refractivity contribution in [2.24, 2.45) is 0 Å². The van der Waals surface area contributed by atoms with Crippen LogP contribution < -0.4 is 4.90 Å². The molecule has 0 spiro atoms. The van der Waals surface area contributed by atoms with Gasteiger partial charge in [0.25, 0.3) is 0 Å². The lowest BCUT2D eigenvalue weighted by Crippen LogP contribution is -2.23. The maximum atomic E-state index is 13.0. The molecule has 0 radical (unpaired) electrons. The number of Topliss-reactive ketones (excluding diaryl/α,β-unsaturated/α-hetero) is 1. The molecule has 0 N–H and O–H groups in total. The Morgan fingerprint density at radius 3 is 2.41 bits per heavy atom. The van der Waals surface area contributed by atoms with Crippen molar-refractivity contribution < 1.29 is 4.79 Å². The van der Waals surface area contributed by atoms with E-state index in [1.54, 1.807) is 11.8 Å². The Balaban J connectivity index is 1.94. The predicted molar refractivity (Wildman–Crippen MR) is 91.5 cm³/mol. The normalized spacial score (nSPS) is 22.0. The number of allylic oxidation sites excluding steroid dienone is 1. The molecule has 1 aliphatic carbocycles. The van der Waals surface area contributed by atoms with Gasteiger partial charge in [0.05, 0.1) is 10.7 Å². The van der Waals surface area contributed by atoms with E-state index in [2.05, 4.69) is 36.9 Å². The monoisotopic (exact) mass is 307 g/mol. The van der Waals surface area contributed by atoms with Crippen LogP contribution in [0.4, 0.5) is 5.69 Å². The van der Waals surface area contributed by atoms with Gasteiger partial charge in [-0.25, -0.2) is 0 Å². The first-order valence-corrected chi connectivity index (χ1v) is 8.23. The SMILES string of the molecule is CN1C(=C2C(=O)c3ccccc3C2(C)C)Sc2ccccc21. The summed E-state index contributed by atoms with van der Waals surface area (Å²) in [6.07, 6.45) is 0. The average Bonchev–Trinajstić information content (AvgIpc) is 2.94. The van der Waals surface area contributed by atoms with Crippen LogP contribution in [0.25, 0.3) is 0 Å². The van der Waals surface area contributed by atoms with E-state index in [0.717, 1.165) is 21.7 Å². The summed E-state index contributed by atoms with van der Waals surface area (Å²) in [4.78, 5) is 16.4. The number of thioether (sulfide) groups is 1. The van der Waals surface area contributed by atoms with Gasteiger partial charge in [0.1, 0.15) is 0 Å². The summed E-state index contributed by atoms with van der Waals surface area (Å²) in [6.45, 7) is 4.30. The second-order valence-corrected chi connectivity index (χ2v) is 7.34. The minimum Gasteiger partial charge on any atom is -0.338 e. The number of anilines is 1. The lowest BCUT2D eigenvalue weighted by atomic mass is 9.83. The highest BCUT2D eigenvalue weighted by molar-refractivity contribution is 8.03. The lowest BCUT2D eigenvalue weighted by molar-refractivity contribution is 0.103. The van der Waals surface area contributed by atoms with Gasteiger partial charge < -0.3 is 4.90 Å². The molecule has 2 aromatic carbocycles. The molecule has 110 valence electrons. The Kier molecular flexibility index (Phi) is 2.79. The number of para-hydroxylation sites is 1. The van der Waals surface area contributed by atoms with Crippen molar-refractivity contribution in [3.8, 4) is 0 Å². The summed E-state index contributed by atoms with van der Waals surface area (Å²) in [5.74, 6) is 0.169.